The number of hydrogen-bond acceptors (Lipinski definition) is 4. The number of aromatic carboxylic acids is 1. The quantitative estimate of drug-likeness (QED) is 0.760. The summed E-state index contributed by atoms with van der Waals surface area (Å²) in [6, 6.07) is 5.98. The van der Waals surface area contributed by atoms with Gasteiger partial charge in [0.25, 0.3) is 0 Å². The second-order valence-corrected chi connectivity index (χ2v) is 4.50. The van der Waals surface area contributed by atoms with Crippen LogP contribution < -0.4 is 5.11 Å². The molecular weight excluding hydrogens is 232 g/mol. The first-order valence-electron chi connectivity index (χ1n) is 6.20. The third-order valence-corrected chi connectivity index (χ3v) is 3.19. The molecule has 1 saturated carbocycles. The van der Waals surface area contributed by atoms with Crippen molar-refractivity contribution in [2.45, 2.75) is 38.2 Å². The summed E-state index contributed by atoms with van der Waals surface area (Å²) in [6.45, 7) is 0. The maximum atomic E-state index is 11.9. The molecule has 0 unspecified atom stereocenters. The lowest BCUT2D eigenvalue weighted by Crippen LogP contribution is -2.27. The maximum absolute atomic E-state index is 11.9. The van der Waals surface area contributed by atoms with Gasteiger partial charge in [-0.25, -0.2) is 4.79 Å². The Bertz CT molecular complexity index is 447. The second kappa shape index (κ2) is 5.67. The van der Waals surface area contributed by atoms with E-state index in [2.05, 4.69) is 0 Å². The Hall–Kier alpha value is -1.84. The standard InChI is InChI=1S/C14H16O4/c15-13(16)11-8-4-5-9-12(11)14(17)18-10-6-2-1-3-7-10/h4-5,8-10H,1-3,6-7H2,(H,15,16)/p-1. The molecule has 1 fully saturated rings. The van der Waals surface area contributed by atoms with E-state index < -0.39 is 11.9 Å². The molecule has 4 nitrogen and oxygen atoms in total. The minimum Gasteiger partial charge on any atom is -0.545 e. The number of rotatable bonds is 3. The number of esters is 1. The third kappa shape index (κ3) is 2.88. The number of carboxylic acids is 1. The van der Waals surface area contributed by atoms with Gasteiger partial charge in [-0.05, 0) is 31.7 Å². The fraction of sp³-hybridized carbons (Fsp3) is 0.429. The van der Waals surface area contributed by atoms with E-state index in [1.807, 2.05) is 0 Å². The monoisotopic (exact) mass is 247 g/mol. The zero-order valence-corrected chi connectivity index (χ0v) is 10.1. The molecule has 0 N–H and O–H groups in total. The first-order valence-corrected chi connectivity index (χ1v) is 6.20. The van der Waals surface area contributed by atoms with Crippen molar-refractivity contribution < 1.29 is 19.4 Å². The molecular formula is C14H15O4-. The van der Waals surface area contributed by atoms with Crippen molar-refractivity contribution in [2.24, 2.45) is 0 Å². The van der Waals surface area contributed by atoms with Crippen LogP contribution in [0.2, 0.25) is 0 Å². The summed E-state index contributed by atoms with van der Waals surface area (Å²) in [5, 5.41) is 10.9. The van der Waals surface area contributed by atoms with Crippen molar-refractivity contribution in [3.05, 3.63) is 35.4 Å². The zero-order chi connectivity index (χ0) is 13.0. The molecule has 4 heteroatoms. The van der Waals surface area contributed by atoms with E-state index in [4.69, 9.17) is 4.74 Å². The van der Waals surface area contributed by atoms with Crippen molar-refractivity contribution in [3.8, 4) is 0 Å². The van der Waals surface area contributed by atoms with E-state index in [1.54, 1.807) is 12.1 Å². The Morgan fingerprint density at radius 3 is 2.28 bits per heavy atom. The van der Waals surface area contributed by atoms with Gasteiger partial charge in [0, 0.05) is 5.56 Å². The van der Waals surface area contributed by atoms with Gasteiger partial charge >= 0.3 is 5.97 Å². The van der Waals surface area contributed by atoms with Crippen molar-refractivity contribution in [1.82, 2.24) is 0 Å². The van der Waals surface area contributed by atoms with Gasteiger partial charge in [-0.1, -0.05) is 24.6 Å². The number of carbonyl (C=O) groups is 2. The van der Waals surface area contributed by atoms with Gasteiger partial charge in [-0.2, -0.15) is 0 Å². The predicted octanol–water partition coefficient (Wildman–Crippen LogP) is 1.54. The van der Waals surface area contributed by atoms with Crippen LogP contribution in [-0.4, -0.2) is 18.0 Å². The van der Waals surface area contributed by atoms with Crippen LogP contribution in [0.3, 0.4) is 0 Å². The van der Waals surface area contributed by atoms with Crippen molar-refractivity contribution in [2.75, 3.05) is 0 Å². The van der Waals surface area contributed by atoms with Gasteiger partial charge in [-0.3, -0.25) is 0 Å². The Morgan fingerprint density at radius 2 is 1.67 bits per heavy atom. The minimum absolute atomic E-state index is 0.0723. The van der Waals surface area contributed by atoms with Crippen LogP contribution in [0.5, 0.6) is 0 Å². The van der Waals surface area contributed by atoms with E-state index >= 15 is 0 Å². The Morgan fingerprint density at radius 1 is 1.06 bits per heavy atom. The molecule has 0 aromatic heterocycles. The molecule has 1 aliphatic rings. The highest BCUT2D eigenvalue weighted by atomic mass is 16.5. The van der Waals surface area contributed by atoms with Crippen LogP contribution in [0.1, 0.15) is 52.8 Å². The lowest BCUT2D eigenvalue weighted by molar-refractivity contribution is -0.255. The van der Waals surface area contributed by atoms with E-state index in [1.165, 1.54) is 18.6 Å². The van der Waals surface area contributed by atoms with Crippen LogP contribution in [0.15, 0.2) is 24.3 Å². The van der Waals surface area contributed by atoms with E-state index in [0.29, 0.717) is 0 Å². The molecule has 18 heavy (non-hydrogen) atoms. The molecule has 0 radical (unpaired) electrons. The summed E-state index contributed by atoms with van der Waals surface area (Å²) in [7, 11) is 0. The highest BCUT2D eigenvalue weighted by molar-refractivity contribution is 6.01. The fourth-order valence-electron chi connectivity index (χ4n) is 2.24. The summed E-state index contributed by atoms with van der Waals surface area (Å²) in [6.07, 6.45) is 4.92. The van der Waals surface area contributed by atoms with Gasteiger partial charge in [0.1, 0.15) is 6.10 Å². The number of ether oxygens (including phenoxy) is 1. The van der Waals surface area contributed by atoms with Gasteiger partial charge in [0.2, 0.25) is 0 Å². The van der Waals surface area contributed by atoms with Gasteiger partial charge in [0.05, 0.1) is 11.5 Å². The van der Waals surface area contributed by atoms with E-state index in [0.717, 1.165) is 25.7 Å². The summed E-state index contributed by atoms with van der Waals surface area (Å²) in [5.74, 6) is -1.92. The largest absolute Gasteiger partial charge is 0.545 e. The molecule has 0 amide bonds. The molecule has 0 spiro atoms. The molecule has 0 heterocycles. The normalized spacial score (nSPS) is 16.2. The molecule has 96 valence electrons. The predicted molar refractivity (Wildman–Crippen MR) is 63.1 cm³/mol. The van der Waals surface area contributed by atoms with E-state index in [9.17, 15) is 14.7 Å². The van der Waals surface area contributed by atoms with Crippen LogP contribution >= 0.6 is 0 Å². The number of benzene rings is 1. The average molecular weight is 247 g/mol. The average Bonchev–Trinajstić information content (AvgIpc) is 2.40. The van der Waals surface area contributed by atoms with Crippen molar-refractivity contribution in [3.63, 3.8) is 0 Å². The smallest absolute Gasteiger partial charge is 0.339 e. The topological polar surface area (TPSA) is 66.4 Å². The Kier molecular flexibility index (Phi) is 3.97. The van der Waals surface area contributed by atoms with E-state index in [-0.39, 0.29) is 17.2 Å². The summed E-state index contributed by atoms with van der Waals surface area (Å²) < 4.78 is 5.34. The number of carboxylic acid groups (broad SMARTS) is 1. The molecule has 0 atom stereocenters. The highest BCUT2D eigenvalue weighted by Crippen LogP contribution is 2.22. The van der Waals surface area contributed by atoms with Gasteiger partial charge in [-0.15, -0.1) is 0 Å². The van der Waals surface area contributed by atoms with Crippen LogP contribution in [-0.2, 0) is 4.74 Å². The van der Waals surface area contributed by atoms with Crippen molar-refractivity contribution >= 4 is 11.9 Å². The molecule has 0 saturated heterocycles. The first-order chi connectivity index (χ1) is 8.68. The lowest BCUT2D eigenvalue weighted by atomic mass is 9.97. The third-order valence-electron chi connectivity index (χ3n) is 3.19. The Labute approximate surface area is 106 Å². The molecule has 2 rings (SSSR count). The van der Waals surface area contributed by atoms with Gasteiger partial charge < -0.3 is 14.6 Å². The molecule has 1 aromatic rings. The zero-order valence-electron chi connectivity index (χ0n) is 10.1. The number of carbonyl (C=O) groups excluding carboxylic acids is 2. The summed E-state index contributed by atoms with van der Waals surface area (Å²) >= 11 is 0. The minimum atomic E-state index is -1.36. The molecule has 0 aliphatic heterocycles. The highest BCUT2D eigenvalue weighted by Gasteiger charge is 2.20. The van der Waals surface area contributed by atoms with Gasteiger partial charge in [0.15, 0.2) is 0 Å². The molecule has 1 aromatic carbocycles. The number of hydrogen-bond donors (Lipinski definition) is 0. The first kappa shape index (κ1) is 12.6. The molecule has 1 aliphatic carbocycles. The van der Waals surface area contributed by atoms with Crippen LogP contribution in [0, 0.1) is 0 Å². The molecule has 0 bridgehead atoms. The summed E-state index contributed by atoms with van der Waals surface area (Å²) in [4.78, 5) is 22.8. The van der Waals surface area contributed by atoms with Crippen LogP contribution in [0.25, 0.3) is 0 Å². The summed E-state index contributed by atoms with van der Waals surface area (Å²) in [5.41, 5.74) is -0.0404. The second-order valence-electron chi connectivity index (χ2n) is 4.50. The SMILES string of the molecule is O=C([O-])c1ccccc1C(=O)OC1CCCCC1. The fourth-order valence-corrected chi connectivity index (χ4v) is 2.24. The Balaban J connectivity index is 2.10. The van der Waals surface area contributed by atoms with Crippen LogP contribution in [0.4, 0.5) is 0 Å². The lowest BCUT2D eigenvalue weighted by Gasteiger charge is -2.22. The van der Waals surface area contributed by atoms with Crippen molar-refractivity contribution in [1.29, 1.82) is 0 Å². The maximum Gasteiger partial charge on any atom is 0.339 e.